The van der Waals surface area contributed by atoms with Gasteiger partial charge in [0.15, 0.2) is 6.10 Å². The summed E-state index contributed by atoms with van der Waals surface area (Å²) in [6.45, 7) is 4.08. The fourth-order valence-corrected chi connectivity index (χ4v) is 3.10. The Morgan fingerprint density at radius 1 is 1.38 bits per heavy atom. The van der Waals surface area contributed by atoms with Crippen LogP contribution in [-0.4, -0.2) is 23.7 Å². The van der Waals surface area contributed by atoms with Crippen LogP contribution in [0.1, 0.15) is 51.2 Å². The Kier molecular flexibility index (Phi) is 4.88. The van der Waals surface area contributed by atoms with Crippen molar-refractivity contribution >= 4 is 5.91 Å². The van der Waals surface area contributed by atoms with Crippen molar-refractivity contribution in [3.63, 3.8) is 0 Å². The molecule has 0 saturated heterocycles. The van der Waals surface area contributed by atoms with Crippen molar-refractivity contribution in [3.05, 3.63) is 29.8 Å². The van der Waals surface area contributed by atoms with E-state index in [9.17, 15) is 9.90 Å². The average Bonchev–Trinajstić information content (AvgIpc) is 3.01. The predicted molar refractivity (Wildman–Crippen MR) is 82.1 cm³/mol. The van der Waals surface area contributed by atoms with Crippen LogP contribution in [0.25, 0.3) is 0 Å². The van der Waals surface area contributed by atoms with Gasteiger partial charge in [0.2, 0.25) is 0 Å². The molecular formula is C17H25NO3. The minimum atomic E-state index is -1.17. The summed E-state index contributed by atoms with van der Waals surface area (Å²) in [5.74, 6) is 0.772. The van der Waals surface area contributed by atoms with Crippen LogP contribution in [-0.2, 0) is 4.79 Å². The fraction of sp³-hybridized carbons (Fsp3) is 0.588. The molecule has 0 heterocycles. The van der Waals surface area contributed by atoms with Crippen molar-refractivity contribution in [3.8, 4) is 5.75 Å². The molecule has 0 bridgehead atoms. The number of hydrogen-bond donors (Lipinski definition) is 2. The summed E-state index contributed by atoms with van der Waals surface area (Å²) in [5.41, 5.74) is 0.266. The Balaban J connectivity index is 2.04. The first-order valence-electron chi connectivity index (χ1n) is 7.58. The second-order valence-electron chi connectivity index (χ2n) is 6.37. The molecule has 116 valence electrons. The first-order valence-corrected chi connectivity index (χ1v) is 7.58. The zero-order chi connectivity index (χ0) is 15.5. The van der Waals surface area contributed by atoms with Gasteiger partial charge >= 0.3 is 0 Å². The van der Waals surface area contributed by atoms with E-state index in [1.807, 2.05) is 13.8 Å². The highest BCUT2D eigenvalue weighted by atomic mass is 16.5. The fourth-order valence-electron chi connectivity index (χ4n) is 3.10. The smallest absolute Gasteiger partial charge is 0.253 e. The van der Waals surface area contributed by atoms with Gasteiger partial charge < -0.3 is 15.2 Å². The molecule has 1 aliphatic rings. The normalized spacial score (nSPS) is 17.5. The van der Waals surface area contributed by atoms with Crippen molar-refractivity contribution in [2.75, 3.05) is 7.11 Å². The number of aliphatic hydroxyl groups is 1. The van der Waals surface area contributed by atoms with Crippen molar-refractivity contribution in [2.45, 2.75) is 51.2 Å². The lowest BCUT2D eigenvalue weighted by Gasteiger charge is -2.33. The lowest BCUT2D eigenvalue weighted by Crippen LogP contribution is -2.50. The van der Waals surface area contributed by atoms with Gasteiger partial charge in [0.05, 0.1) is 7.11 Å². The molecule has 0 aromatic heterocycles. The number of ether oxygens (including phenoxy) is 1. The molecule has 2 rings (SSSR count). The number of methoxy groups -OCH3 is 1. The molecule has 21 heavy (non-hydrogen) atoms. The number of hydrogen-bond acceptors (Lipinski definition) is 3. The summed E-state index contributed by atoms with van der Waals surface area (Å²) in [6, 6.07) is 6.98. The summed E-state index contributed by atoms with van der Waals surface area (Å²) in [7, 11) is 1.56. The van der Waals surface area contributed by atoms with Crippen LogP contribution in [0.5, 0.6) is 5.75 Å². The van der Waals surface area contributed by atoms with E-state index in [1.54, 1.807) is 31.4 Å². The van der Waals surface area contributed by atoms with Gasteiger partial charge in [0.25, 0.3) is 5.91 Å². The van der Waals surface area contributed by atoms with E-state index in [0.717, 1.165) is 12.8 Å². The van der Waals surface area contributed by atoms with E-state index in [0.29, 0.717) is 17.2 Å². The third-order valence-electron chi connectivity index (χ3n) is 4.48. The maximum atomic E-state index is 12.3. The quantitative estimate of drug-likeness (QED) is 0.877. The van der Waals surface area contributed by atoms with E-state index >= 15 is 0 Å². The number of nitrogens with one attached hydrogen (secondary N) is 1. The Hall–Kier alpha value is -1.55. The van der Waals surface area contributed by atoms with E-state index in [2.05, 4.69) is 5.32 Å². The molecule has 0 radical (unpaired) electrons. The maximum Gasteiger partial charge on any atom is 0.253 e. The van der Waals surface area contributed by atoms with Crippen LogP contribution in [0.2, 0.25) is 0 Å². The molecule has 4 heteroatoms. The minimum absolute atomic E-state index is 0.284. The molecule has 1 unspecified atom stereocenters. The molecule has 1 aromatic carbocycles. The van der Waals surface area contributed by atoms with Crippen molar-refractivity contribution in [2.24, 2.45) is 5.92 Å². The van der Waals surface area contributed by atoms with Crippen LogP contribution in [0.15, 0.2) is 24.3 Å². The first kappa shape index (κ1) is 15.8. The highest BCUT2D eigenvalue weighted by Gasteiger charge is 2.34. The van der Waals surface area contributed by atoms with Gasteiger partial charge in [-0.2, -0.15) is 0 Å². The number of carbonyl (C=O) groups is 1. The number of carbonyl (C=O) groups excluding carboxylic acids is 1. The van der Waals surface area contributed by atoms with Gasteiger partial charge in [-0.1, -0.05) is 25.0 Å². The van der Waals surface area contributed by atoms with E-state index in [4.69, 9.17) is 4.74 Å². The molecule has 1 aliphatic carbocycles. The number of aliphatic hydroxyl groups excluding tert-OH is 1. The second-order valence-corrected chi connectivity index (χ2v) is 6.37. The molecule has 1 amide bonds. The number of benzene rings is 1. The van der Waals surface area contributed by atoms with Gasteiger partial charge in [-0.25, -0.2) is 0 Å². The zero-order valence-electron chi connectivity index (χ0n) is 13.1. The molecule has 4 nitrogen and oxygen atoms in total. The van der Waals surface area contributed by atoms with Crippen LogP contribution in [0.3, 0.4) is 0 Å². The molecule has 1 saturated carbocycles. The van der Waals surface area contributed by atoms with Gasteiger partial charge in [-0.3, -0.25) is 4.79 Å². The first-order chi connectivity index (χ1) is 9.94. The third kappa shape index (κ3) is 3.76. The monoisotopic (exact) mass is 291 g/mol. The summed E-state index contributed by atoms with van der Waals surface area (Å²) >= 11 is 0. The van der Waals surface area contributed by atoms with Gasteiger partial charge in [0, 0.05) is 5.54 Å². The highest BCUT2D eigenvalue weighted by Crippen LogP contribution is 2.34. The Bertz CT molecular complexity index is 493. The lowest BCUT2D eigenvalue weighted by molar-refractivity contribution is -0.132. The second kappa shape index (κ2) is 6.48. The summed E-state index contributed by atoms with van der Waals surface area (Å²) in [4.78, 5) is 12.3. The lowest BCUT2D eigenvalue weighted by atomic mass is 9.85. The zero-order valence-corrected chi connectivity index (χ0v) is 13.1. The van der Waals surface area contributed by atoms with E-state index in [-0.39, 0.29) is 11.4 Å². The minimum Gasteiger partial charge on any atom is -0.497 e. The molecular weight excluding hydrogens is 266 g/mol. The predicted octanol–water partition coefficient (Wildman–Crippen LogP) is 2.81. The number of rotatable bonds is 5. The highest BCUT2D eigenvalue weighted by molar-refractivity contribution is 5.82. The summed E-state index contributed by atoms with van der Waals surface area (Å²) < 4.78 is 5.12. The summed E-state index contributed by atoms with van der Waals surface area (Å²) in [5, 5.41) is 13.3. The maximum absolute atomic E-state index is 12.3. The standard InChI is InChI=1S/C17H25NO3/c1-17(2,13-8-4-5-9-13)18-16(20)15(19)12-7-6-10-14(11-12)21-3/h6-7,10-11,13,15,19H,4-5,8-9H2,1-3H3,(H,18,20). The van der Waals surface area contributed by atoms with Crippen LogP contribution < -0.4 is 10.1 Å². The molecule has 1 atom stereocenters. The van der Waals surface area contributed by atoms with Gasteiger partial charge in [0.1, 0.15) is 5.75 Å². The van der Waals surface area contributed by atoms with Crippen LogP contribution in [0, 0.1) is 5.92 Å². The van der Waals surface area contributed by atoms with Crippen molar-refractivity contribution in [1.29, 1.82) is 0 Å². The van der Waals surface area contributed by atoms with Gasteiger partial charge in [-0.15, -0.1) is 0 Å². The number of amides is 1. The molecule has 0 aliphatic heterocycles. The van der Waals surface area contributed by atoms with E-state index < -0.39 is 6.10 Å². The Morgan fingerprint density at radius 3 is 2.67 bits per heavy atom. The Morgan fingerprint density at radius 2 is 2.05 bits per heavy atom. The molecule has 1 fully saturated rings. The Labute approximate surface area is 126 Å². The summed E-state index contributed by atoms with van der Waals surface area (Å²) in [6.07, 6.45) is 3.57. The SMILES string of the molecule is COc1cccc(C(O)C(=O)NC(C)(C)C2CCCC2)c1. The van der Waals surface area contributed by atoms with Crippen LogP contribution in [0.4, 0.5) is 0 Å². The molecule has 2 N–H and O–H groups in total. The largest absolute Gasteiger partial charge is 0.497 e. The average molecular weight is 291 g/mol. The van der Waals surface area contributed by atoms with E-state index in [1.165, 1.54) is 12.8 Å². The molecule has 1 aromatic rings. The topological polar surface area (TPSA) is 58.6 Å². The molecule has 0 spiro atoms. The van der Waals surface area contributed by atoms with Crippen molar-refractivity contribution < 1.29 is 14.6 Å². The van der Waals surface area contributed by atoms with Crippen LogP contribution >= 0.6 is 0 Å². The third-order valence-corrected chi connectivity index (χ3v) is 4.48. The van der Waals surface area contributed by atoms with Crippen molar-refractivity contribution in [1.82, 2.24) is 5.32 Å². The van der Waals surface area contributed by atoms with Gasteiger partial charge in [-0.05, 0) is 50.3 Å².